The van der Waals surface area contributed by atoms with Crippen LogP contribution in [0.3, 0.4) is 0 Å². The van der Waals surface area contributed by atoms with Gasteiger partial charge in [-0.05, 0) is 24.3 Å². The van der Waals surface area contributed by atoms with Gasteiger partial charge in [0, 0.05) is 34.9 Å². The standard InChI is InChI=1S/C21H17ClN4O3/c22-14-8-9-19(25-11-14)26-21(29)15-2-1-3-17(27)16(15)10-18(28)12-4-6-13(7-5-12)20(23)24/h1-9,11,27H,10H2,(H3,23,24)(H,25,26,29). The molecule has 0 bridgehead atoms. The van der Waals surface area contributed by atoms with Gasteiger partial charge in [-0.3, -0.25) is 15.0 Å². The third-order valence-electron chi connectivity index (χ3n) is 4.22. The van der Waals surface area contributed by atoms with E-state index in [0.717, 1.165) is 0 Å². The van der Waals surface area contributed by atoms with Gasteiger partial charge in [0.25, 0.3) is 5.91 Å². The number of aromatic nitrogens is 1. The number of nitrogens with zero attached hydrogens (tertiary/aromatic N) is 1. The molecular formula is C21H17ClN4O3. The fraction of sp³-hybridized carbons (Fsp3) is 0.0476. The number of amidine groups is 1. The molecule has 5 N–H and O–H groups in total. The smallest absolute Gasteiger partial charge is 0.257 e. The van der Waals surface area contributed by atoms with E-state index in [9.17, 15) is 14.7 Å². The number of ketones is 1. The van der Waals surface area contributed by atoms with Crippen LogP contribution in [0.25, 0.3) is 0 Å². The Morgan fingerprint density at radius 1 is 1.07 bits per heavy atom. The summed E-state index contributed by atoms with van der Waals surface area (Å²) in [5, 5.41) is 20.7. The van der Waals surface area contributed by atoms with Gasteiger partial charge in [0.05, 0.1) is 5.02 Å². The van der Waals surface area contributed by atoms with Crippen molar-refractivity contribution >= 4 is 34.9 Å². The van der Waals surface area contributed by atoms with Crippen molar-refractivity contribution < 1.29 is 14.7 Å². The first-order chi connectivity index (χ1) is 13.8. The fourth-order valence-corrected chi connectivity index (χ4v) is 2.82. The molecule has 0 unspecified atom stereocenters. The normalized spacial score (nSPS) is 10.4. The first-order valence-corrected chi connectivity index (χ1v) is 8.94. The van der Waals surface area contributed by atoms with Crippen LogP contribution in [0.4, 0.5) is 5.82 Å². The van der Waals surface area contributed by atoms with Crippen molar-refractivity contribution in [2.45, 2.75) is 6.42 Å². The van der Waals surface area contributed by atoms with Gasteiger partial charge < -0.3 is 16.2 Å². The third-order valence-corrected chi connectivity index (χ3v) is 4.44. The van der Waals surface area contributed by atoms with Crippen LogP contribution in [0, 0.1) is 5.41 Å². The van der Waals surface area contributed by atoms with Gasteiger partial charge in [0.2, 0.25) is 0 Å². The van der Waals surface area contributed by atoms with Crippen molar-refractivity contribution in [2.75, 3.05) is 5.32 Å². The summed E-state index contributed by atoms with van der Waals surface area (Å²) in [6.45, 7) is 0. The predicted octanol–water partition coefficient (Wildman–Crippen LogP) is 3.40. The largest absolute Gasteiger partial charge is 0.508 e. The molecule has 3 aromatic rings. The van der Waals surface area contributed by atoms with E-state index >= 15 is 0 Å². The monoisotopic (exact) mass is 408 g/mol. The number of rotatable bonds is 6. The maximum atomic E-state index is 12.7. The third kappa shape index (κ3) is 4.77. The van der Waals surface area contributed by atoms with Crippen molar-refractivity contribution in [3.8, 4) is 5.75 Å². The summed E-state index contributed by atoms with van der Waals surface area (Å²) in [6, 6.07) is 13.8. The highest BCUT2D eigenvalue weighted by Crippen LogP contribution is 2.24. The molecule has 0 radical (unpaired) electrons. The Morgan fingerprint density at radius 2 is 1.76 bits per heavy atom. The van der Waals surface area contributed by atoms with Crippen molar-refractivity contribution in [3.63, 3.8) is 0 Å². The van der Waals surface area contributed by atoms with E-state index in [0.29, 0.717) is 22.0 Å². The second kappa shape index (κ2) is 8.53. The minimum Gasteiger partial charge on any atom is -0.508 e. The fourth-order valence-electron chi connectivity index (χ4n) is 2.70. The topological polar surface area (TPSA) is 129 Å². The van der Waals surface area contributed by atoms with Gasteiger partial charge in [-0.25, -0.2) is 4.98 Å². The van der Waals surface area contributed by atoms with Gasteiger partial charge in [0.1, 0.15) is 17.4 Å². The molecule has 0 spiro atoms. The number of phenols is 1. The number of Topliss-reactive ketones (excluding diaryl/α,β-unsaturated/α-hetero) is 1. The lowest BCUT2D eigenvalue weighted by Crippen LogP contribution is -2.17. The maximum Gasteiger partial charge on any atom is 0.257 e. The Kier molecular flexibility index (Phi) is 5.90. The number of benzene rings is 2. The van der Waals surface area contributed by atoms with Crippen molar-refractivity contribution in [3.05, 3.63) is 88.1 Å². The minimum absolute atomic E-state index is 0.0977. The van der Waals surface area contributed by atoms with Crippen LogP contribution in [0.15, 0.2) is 60.8 Å². The van der Waals surface area contributed by atoms with E-state index in [1.54, 1.807) is 36.4 Å². The van der Waals surface area contributed by atoms with Crippen LogP contribution in [0.5, 0.6) is 5.75 Å². The SMILES string of the molecule is N=C(N)c1ccc(C(=O)Cc2c(O)cccc2C(=O)Nc2ccc(Cl)cn2)cc1. The van der Waals surface area contributed by atoms with Crippen molar-refractivity contribution in [2.24, 2.45) is 5.73 Å². The lowest BCUT2D eigenvalue weighted by Gasteiger charge is -2.11. The molecule has 0 aliphatic carbocycles. The first-order valence-electron chi connectivity index (χ1n) is 8.56. The Labute approximate surface area is 171 Å². The highest BCUT2D eigenvalue weighted by atomic mass is 35.5. The number of nitrogens with one attached hydrogen (secondary N) is 2. The molecule has 146 valence electrons. The number of hydrogen-bond donors (Lipinski definition) is 4. The number of halogens is 1. The summed E-state index contributed by atoms with van der Waals surface area (Å²) in [6.07, 6.45) is 1.22. The molecule has 7 nitrogen and oxygen atoms in total. The van der Waals surface area contributed by atoms with E-state index in [1.165, 1.54) is 24.4 Å². The number of anilines is 1. The molecule has 8 heteroatoms. The molecule has 0 atom stereocenters. The molecular weight excluding hydrogens is 392 g/mol. The second-order valence-corrected chi connectivity index (χ2v) is 6.65. The average molecular weight is 409 g/mol. The number of nitrogen functional groups attached to an aromatic ring is 1. The molecule has 3 rings (SSSR count). The van der Waals surface area contributed by atoms with Crippen LogP contribution in [-0.2, 0) is 6.42 Å². The molecule has 0 fully saturated rings. The Morgan fingerprint density at radius 3 is 2.38 bits per heavy atom. The van der Waals surface area contributed by atoms with Crippen molar-refractivity contribution in [1.29, 1.82) is 5.41 Å². The van der Waals surface area contributed by atoms with Gasteiger partial charge in [0.15, 0.2) is 5.78 Å². The summed E-state index contributed by atoms with van der Waals surface area (Å²) in [4.78, 5) is 29.3. The lowest BCUT2D eigenvalue weighted by atomic mass is 9.96. The quantitative estimate of drug-likeness (QED) is 0.282. The van der Waals surface area contributed by atoms with E-state index in [1.807, 2.05) is 0 Å². The number of pyridine rings is 1. The molecule has 1 aromatic heterocycles. The maximum absolute atomic E-state index is 12.7. The second-order valence-electron chi connectivity index (χ2n) is 6.21. The zero-order valence-electron chi connectivity index (χ0n) is 15.1. The number of hydrogen-bond acceptors (Lipinski definition) is 5. The average Bonchev–Trinajstić information content (AvgIpc) is 2.71. The first kappa shape index (κ1) is 20.0. The van der Waals surface area contributed by atoms with Crippen LogP contribution >= 0.6 is 11.6 Å². The molecule has 0 aliphatic rings. The summed E-state index contributed by atoms with van der Waals surface area (Å²) in [5.41, 5.74) is 6.67. The molecule has 2 aromatic carbocycles. The number of phenolic OH excluding ortho intramolecular Hbond substituents is 1. The molecule has 0 aliphatic heterocycles. The van der Waals surface area contributed by atoms with Gasteiger partial charge >= 0.3 is 0 Å². The van der Waals surface area contributed by atoms with Gasteiger partial charge in [-0.15, -0.1) is 0 Å². The molecule has 0 saturated carbocycles. The van der Waals surface area contributed by atoms with Crippen LogP contribution in [0.2, 0.25) is 5.02 Å². The van der Waals surface area contributed by atoms with E-state index in [-0.39, 0.29) is 34.9 Å². The number of amides is 1. The van der Waals surface area contributed by atoms with E-state index in [2.05, 4.69) is 10.3 Å². The Hall–Kier alpha value is -3.71. The number of carbonyl (C=O) groups excluding carboxylic acids is 2. The summed E-state index contributed by atoms with van der Waals surface area (Å²) >= 11 is 5.79. The Bertz CT molecular complexity index is 1080. The summed E-state index contributed by atoms with van der Waals surface area (Å²) < 4.78 is 0. The Balaban J connectivity index is 1.83. The summed E-state index contributed by atoms with van der Waals surface area (Å²) in [7, 11) is 0. The molecule has 1 amide bonds. The molecule has 29 heavy (non-hydrogen) atoms. The van der Waals surface area contributed by atoms with Gasteiger partial charge in [-0.2, -0.15) is 0 Å². The van der Waals surface area contributed by atoms with Crippen LogP contribution < -0.4 is 11.1 Å². The van der Waals surface area contributed by atoms with Crippen molar-refractivity contribution in [1.82, 2.24) is 4.98 Å². The zero-order valence-corrected chi connectivity index (χ0v) is 15.9. The lowest BCUT2D eigenvalue weighted by molar-refractivity contribution is 0.0991. The van der Waals surface area contributed by atoms with E-state index < -0.39 is 5.91 Å². The van der Waals surface area contributed by atoms with E-state index in [4.69, 9.17) is 22.7 Å². The molecule has 0 saturated heterocycles. The number of nitrogens with two attached hydrogens (primary N) is 1. The highest BCUT2D eigenvalue weighted by molar-refractivity contribution is 6.30. The highest BCUT2D eigenvalue weighted by Gasteiger charge is 2.19. The number of carbonyl (C=O) groups is 2. The van der Waals surface area contributed by atoms with Gasteiger partial charge in [-0.1, -0.05) is 41.9 Å². The van der Waals surface area contributed by atoms with Crippen LogP contribution in [-0.4, -0.2) is 27.6 Å². The number of aromatic hydroxyl groups is 1. The summed E-state index contributed by atoms with van der Waals surface area (Å²) in [5.74, 6) is -0.763. The van der Waals surface area contributed by atoms with Crippen LogP contribution in [0.1, 0.15) is 31.8 Å². The predicted molar refractivity (Wildman–Crippen MR) is 111 cm³/mol. The zero-order chi connectivity index (χ0) is 21.0. The molecule has 1 heterocycles. The minimum atomic E-state index is -0.509.